The number of hydrogen-bond donors (Lipinski definition) is 0. The van der Waals surface area contributed by atoms with E-state index in [4.69, 9.17) is 15.2 Å². The molecule has 6 heteroatoms. The molecule has 75 heavy (non-hydrogen) atoms. The third kappa shape index (κ3) is 8.39. The molecule has 0 radical (unpaired) electrons. The van der Waals surface area contributed by atoms with E-state index in [1.807, 2.05) is 36.8 Å². The van der Waals surface area contributed by atoms with Crippen LogP contribution in [-0.2, 0) is 45.8 Å². The molecule has 0 atom stereocenters. The van der Waals surface area contributed by atoms with Gasteiger partial charge in [-0.25, -0.2) is 0 Å². The second-order valence-electron chi connectivity index (χ2n) is 19.2. The van der Waals surface area contributed by atoms with Crippen molar-refractivity contribution >= 4 is 0 Å². The van der Waals surface area contributed by atoms with Gasteiger partial charge in [0.15, 0.2) is 0 Å². The predicted molar refractivity (Wildman–Crippen MR) is 299 cm³/mol. The standard InChI is InChI=1S/C69H46N5.Ir/c1-2-15-46(16-3-1)47-29-31-48(32-30-47)51-19-14-20-52(39-51)65-36-33-53(43-70-65)57-21-6-7-22-58(57)54-40-55(59-23-8-10-25-61(59)63-44-71-73-66-27-12-4-17-49(66)34-37-68(63)73)42-56(41-54)60-24-9-11-26-62(60)64-45-72-74-67-28-13-5-18-50(67)35-38-69(64)74;/h1-19,21-26,29-33,36,39-45H,34-35,37-38H2;/q-3;+3. The molecule has 0 unspecified atom stereocenters. The molecule has 2 aliphatic rings. The Morgan fingerprint density at radius 3 is 1.29 bits per heavy atom. The van der Waals surface area contributed by atoms with E-state index in [0.717, 1.165) is 126 Å². The fourth-order valence-electron chi connectivity index (χ4n) is 11.3. The average molecular weight is 1140 g/mol. The van der Waals surface area contributed by atoms with Crippen LogP contribution in [-0.4, -0.2) is 24.5 Å². The van der Waals surface area contributed by atoms with Crippen molar-refractivity contribution < 1.29 is 20.1 Å². The van der Waals surface area contributed by atoms with E-state index >= 15 is 0 Å². The summed E-state index contributed by atoms with van der Waals surface area (Å²) < 4.78 is 4.20. The first-order chi connectivity index (χ1) is 36.7. The summed E-state index contributed by atoms with van der Waals surface area (Å²) in [6.07, 6.45) is 9.81. The van der Waals surface area contributed by atoms with Crippen LogP contribution in [0, 0.1) is 18.2 Å². The molecule has 0 bridgehead atoms. The zero-order valence-electron chi connectivity index (χ0n) is 40.8. The van der Waals surface area contributed by atoms with Crippen LogP contribution in [0.15, 0.2) is 231 Å². The molecule has 0 N–H and O–H groups in total. The summed E-state index contributed by atoms with van der Waals surface area (Å²) in [5.74, 6) is 0. The molecule has 5 heterocycles. The number of aryl methyl sites for hydroxylation is 2. The molecular formula is C69H46IrN5. The maximum Gasteiger partial charge on any atom is 3.00 e. The minimum absolute atomic E-state index is 0. The molecule has 9 aromatic carbocycles. The van der Waals surface area contributed by atoms with Crippen LogP contribution in [0.2, 0.25) is 0 Å². The summed E-state index contributed by atoms with van der Waals surface area (Å²) in [5.41, 5.74) is 27.1. The quantitative estimate of drug-likeness (QED) is 0.135. The molecule has 12 aromatic rings. The van der Waals surface area contributed by atoms with E-state index < -0.39 is 0 Å². The molecule has 3 aromatic heterocycles. The third-order valence-corrected chi connectivity index (χ3v) is 15.0. The number of rotatable bonds is 9. The Labute approximate surface area is 450 Å². The summed E-state index contributed by atoms with van der Waals surface area (Å²) in [5, 5.41) is 9.99. The number of nitrogens with zero attached hydrogens (tertiary/aromatic N) is 5. The number of aromatic nitrogens is 5. The van der Waals surface area contributed by atoms with Gasteiger partial charge in [-0.15, -0.1) is 46.5 Å². The van der Waals surface area contributed by atoms with Crippen molar-refractivity contribution in [1.29, 1.82) is 0 Å². The van der Waals surface area contributed by atoms with Crippen LogP contribution in [0.4, 0.5) is 0 Å². The molecule has 0 saturated heterocycles. The van der Waals surface area contributed by atoms with E-state index in [-0.39, 0.29) is 20.1 Å². The van der Waals surface area contributed by atoms with Gasteiger partial charge in [0.1, 0.15) is 0 Å². The average Bonchev–Trinajstić information content (AvgIpc) is 4.13. The van der Waals surface area contributed by atoms with Crippen LogP contribution in [0.1, 0.15) is 22.5 Å². The SMILES string of the molecule is [Ir+3].[c-]1ccc(-c2ccc(-c3ccccc3)cc2)cc1-c1ccc(-c2ccccc2-c2cc(-c3ccccc3-c3cnn4c3CCc3ccc[c-]c3-4)cc(-c3ccccc3-c3cnn4c3CCc3ccc[c-]c3-4)c2)cn1. The van der Waals surface area contributed by atoms with E-state index in [0.29, 0.717) is 0 Å². The van der Waals surface area contributed by atoms with Gasteiger partial charge in [-0.2, -0.15) is 58.7 Å². The van der Waals surface area contributed by atoms with Gasteiger partial charge in [0.25, 0.3) is 0 Å². The molecular weight excluding hydrogens is 1090 g/mol. The zero-order valence-corrected chi connectivity index (χ0v) is 43.2. The zero-order chi connectivity index (χ0) is 49.0. The predicted octanol–water partition coefficient (Wildman–Crippen LogP) is 16.1. The van der Waals surface area contributed by atoms with Crippen molar-refractivity contribution in [2.24, 2.45) is 0 Å². The van der Waals surface area contributed by atoms with Crippen LogP contribution >= 0.6 is 0 Å². The molecule has 0 spiro atoms. The van der Waals surface area contributed by atoms with Gasteiger partial charge >= 0.3 is 20.1 Å². The van der Waals surface area contributed by atoms with Gasteiger partial charge < -0.3 is 4.98 Å². The molecule has 14 rings (SSSR count). The number of hydrogen-bond acceptors (Lipinski definition) is 3. The van der Waals surface area contributed by atoms with Gasteiger partial charge in [-0.05, 0) is 120 Å². The summed E-state index contributed by atoms with van der Waals surface area (Å²) in [6, 6.07) is 86.3. The molecule has 5 nitrogen and oxygen atoms in total. The summed E-state index contributed by atoms with van der Waals surface area (Å²) in [4.78, 5) is 5.11. The number of para-hydroxylation sites is 2. The Hall–Kier alpha value is -8.80. The molecule has 0 saturated carbocycles. The Kier molecular flexibility index (Phi) is 12.0. The van der Waals surface area contributed by atoms with Crippen molar-refractivity contribution in [3.05, 3.63) is 272 Å². The Balaban J connectivity index is 0.00000541. The molecule has 356 valence electrons. The van der Waals surface area contributed by atoms with Crippen molar-refractivity contribution in [2.75, 3.05) is 0 Å². The molecule has 0 fully saturated rings. The van der Waals surface area contributed by atoms with Crippen LogP contribution in [0.3, 0.4) is 0 Å². The fraction of sp³-hybridized carbons (Fsp3) is 0.0580. The number of benzene rings is 9. The topological polar surface area (TPSA) is 48.5 Å². The van der Waals surface area contributed by atoms with Crippen molar-refractivity contribution in [3.63, 3.8) is 0 Å². The van der Waals surface area contributed by atoms with Crippen molar-refractivity contribution in [1.82, 2.24) is 24.5 Å². The normalized spacial score (nSPS) is 12.2. The summed E-state index contributed by atoms with van der Waals surface area (Å²) in [7, 11) is 0. The van der Waals surface area contributed by atoms with Crippen LogP contribution < -0.4 is 0 Å². The van der Waals surface area contributed by atoms with Gasteiger partial charge in [-0.3, -0.25) is 9.36 Å². The second-order valence-corrected chi connectivity index (χ2v) is 19.2. The van der Waals surface area contributed by atoms with E-state index in [1.54, 1.807) is 0 Å². The first kappa shape index (κ1) is 46.0. The van der Waals surface area contributed by atoms with Crippen LogP contribution in [0.5, 0.6) is 0 Å². The monoisotopic (exact) mass is 1140 g/mol. The molecule has 0 aliphatic carbocycles. The van der Waals surface area contributed by atoms with Gasteiger partial charge in [0, 0.05) is 28.7 Å². The van der Waals surface area contributed by atoms with Gasteiger partial charge in [0.2, 0.25) is 0 Å². The third-order valence-electron chi connectivity index (χ3n) is 15.0. The van der Waals surface area contributed by atoms with E-state index in [9.17, 15) is 0 Å². The maximum atomic E-state index is 5.11. The smallest absolute Gasteiger partial charge is 0.304 e. The molecule has 0 amide bonds. The van der Waals surface area contributed by atoms with Crippen molar-refractivity contribution in [2.45, 2.75) is 25.7 Å². The van der Waals surface area contributed by atoms with E-state index in [2.05, 4.69) is 222 Å². The van der Waals surface area contributed by atoms with Gasteiger partial charge in [-0.1, -0.05) is 152 Å². The number of fused-ring (bicyclic) bond motifs is 6. The molecule has 2 aliphatic heterocycles. The summed E-state index contributed by atoms with van der Waals surface area (Å²) >= 11 is 0. The largest absolute Gasteiger partial charge is 3.00 e. The summed E-state index contributed by atoms with van der Waals surface area (Å²) in [6.45, 7) is 0. The van der Waals surface area contributed by atoms with Crippen LogP contribution in [0.25, 0.3) is 112 Å². The maximum absolute atomic E-state index is 5.11. The Morgan fingerprint density at radius 1 is 0.320 bits per heavy atom. The fourth-order valence-corrected chi connectivity index (χ4v) is 11.3. The minimum Gasteiger partial charge on any atom is -0.304 e. The van der Waals surface area contributed by atoms with Gasteiger partial charge in [0.05, 0.1) is 12.4 Å². The number of pyridine rings is 1. The second kappa shape index (κ2) is 19.6. The Morgan fingerprint density at radius 2 is 0.773 bits per heavy atom. The van der Waals surface area contributed by atoms with Crippen molar-refractivity contribution in [3.8, 4) is 112 Å². The Bertz CT molecular complexity index is 3920. The van der Waals surface area contributed by atoms with E-state index in [1.165, 1.54) is 33.6 Å². The first-order valence-corrected chi connectivity index (χ1v) is 25.4. The first-order valence-electron chi connectivity index (χ1n) is 25.4. The minimum atomic E-state index is 0.